The summed E-state index contributed by atoms with van der Waals surface area (Å²) in [5, 5.41) is 15.4. The largest absolute Gasteiger partial charge is 0.465 e. The fourth-order valence-electron chi connectivity index (χ4n) is 5.36. The minimum Gasteiger partial charge on any atom is -0.465 e. The third-order valence-corrected chi connectivity index (χ3v) is 7.54. The third kappa shape index (κ3) is 12.0. The van der Waals surface area contributed by atoms with Crippen molar-refractivity contribution in [2.75, 3.05) is 13.1 Å². The molecule has 1 aliphatic rings. The summed E-state index contributed by atoms with van der Waals surface area (Å²) in [6.45, 7) is 7.76. The van der Waals surface area contributed by atoms with Crippen LogP contribution in [0.1, 0.15) is 121 Å². The Bertz CT molecular complexity index is 1290. The summed E-state index contributed by atoms with van der Waals surface area (Å²) < 4.78 is 52.8. The van der Waals surface area contributed by atoms with Crippen LogP contribution in [-0.2, 0) is 17.3 Å². The highest BCUT2D eigenvalue weighted by molar-refractivity contribution is 5.98. The average Bonchev–Trinajstić information content (AvgIpc) is 3.45. The van der Waals surface area contributed by atoms with Gasteiger partial charge in [-0.25, -0.2) is 9.59 Å². The van der Waals surface area contributed by atoms with Crippen LogP contribution < -0.4 is 5.32 Å². The number of hydrogen-bond acceptors (Lipinski definition) is 6. The number of alkyl halides is 3. The van der Waals surface area contributed by atoms with Crippen molar-refractivity contribution in [3.05, 3.63) is 35.2 Å². The Morgan fingerprint density at radius 1 is 1.09 bits per heavy atom. The molecule has 2 aromatic rings. The van der Waals surface area contributed by atoms with Gasteiger partial charge in [-0.05, 0) is 58.1 Å². The number of nitrogens with one attached hydrogen (secondary N) is 1. The van der Waals surface area contributed by atoms with Crippen LogP contribution in [-0.4, -0.2) is 57.0 Å². The molecule has 1 aliphatic heterocycles. The molecule has 250 valence electrons. The molecular weight excluding hydrogens is 591 g/mol. The van der Waals surface area contributed by atoms with E-state index in [-0.39, 0.29) is 41.3 Å². The molecule has 0 spiro atoms. The average molecular weight is 638 g/mol. The molecule has 0 radical (unpaired) electrons. The summed E-state index contributed by atoms with van der Waals surface area (Å²) in [7, 11) is 0. The first-order valence-electron chi connectivity index (χ1n) is 15.9. The maximum Gasteiger partial charge on any atom is 0.437 e. The van der Waals surface area contributed by atoms with E-state index < -0.39 is 29.5 Å². The molecule has 0 aliphatic carbocycles. The van der Waals surface area contributed by atoms with Crippen molar-refractivity contribution < 1.29 is 37.1 Å². The van der Waals surface area contributed by atoms with Gasteiger partial charge >= 0.3 is 18.4 Å². The Labute approximate surface area is 262 Å². The zero-order valence-electron chi connectivity index (χ0n) is 26.7. The Morgan fingerprint density at radius 3 is 2.38 bits per heavy atom. The van der Waals surface area contributed by atoms with Crippen molar-refractivity contribution in [3.8, 4) is 11.4 Å². The normalized spacial score (nSPS) is 16.1. The number of aromatic nitrogens is 2. The second-order valence-corrected chi connectivity index (χ2v) is 12.5. The lowest BCUT2D eigenvalue weighted by molar-refractivity contribution is -0.138. The molecule has 10 nitrogen and oxygen atoms in total. The Kier molecular flexibility index (Phi) is 13.2. The minimum atomic E-state index is -4.53. The van der Waals surface area contributed by atoms with Crippen LogP contribution in [0.4, 0.5) is 22.8 Å². The van der Waals surface area contributed by atoms with Crippen LogP contribution in [0.2, 0.25) is 0 Å². The summed E-state index contributed by atoms with van der Waals surface area (Å²) in [6.07, 6.45) is 4.48. The number of carbonyl (C=O) groups excluding carboxylic acids is 1. The summed E-state index contributed by atoms with van der Waals surface area (Å²) in [5.41, 5.74) is -1.07. The highest BCUT2D eigenvalue weighted by atomic mass is 19.4. The van der Waals surface area contributed by atoms with Gasteiger partial charge in [-0.2, -0.15) is 18.2 Å². The number of carbonyl (C=O) groups is 2. The fraction of sp³-hybridized carbons (Fsp3) is 0.656. The van der Waals surface area contributed by atoms with E-state index in [2.05, 4.69) is 27.4 Å². The molecule has 1 atom stereocenters. The standard InChI is InChI=1S/C32H46F3N5O5/c1-5-6-7-8-9-10-11-12-13-15-22-17-18-23(20-25(22)32(33,34)35)26-36-27(45-39-26)24-16-14-19-40(21-24)28(37-29(41)42)38-30(43)44-31(2,3)4/h17-18,20,24H,5-16,19,21H2,1-4H3,(H,41,42)(H,37,38,43)/t24-/m1/s1. The van der Waals surface area contributed by atoms with Gasteiger partial charge in [-0.3, -0.25) is 5.32 Å². The number of unbranched alkanes of at least 4 members (excludes halogenated alkanes) is 8. The molecule has 2 N–H and O–H groups in total. The molecule has 2 amide bonds. The van der Waals surface area contributed by atoms with Crippen LogP contribution >= 0.6 is 0 Å². The second kappa shape index (κ2) is 16.6. The van der Waals surface area contributed by atoms with Crippen molar-refractivity contribution in [2.45, 2.75) is 122 Å². The van der Waals surface area contributed by atoms with Gasteiger partial charge in [0.2, 0.25) is 17.7 Å². The molecule has 1 fully saturated rings. The number of hydrogen-bond donors (Lipinski definition) is 2. The van der Waals surface area contributed by atoms with Crippen LogP contribution in [0, 0.1) is 0 Å². The number of halogens is 3. The summed E-state index contributed by atoms with van der Waals surface area (Å²) >= 11 is 0. The van der Waals surface area contributed by atoms with E-state index in [1.54, 1.807) is 31.7 Å². The van der Waals surface area contributed by atoms with Crippen LogP contribution in [0.3, 0.4) is 0 Å². The monoisotopic (exact) mass is 637 g/mol. The van der Waals surface area contributed by atoms with Gasteiger partial charge in [-0.15, -0.1) is 4.99 Å². The first kappa shape index (κ1) is 35.8. The van der Waals surface area contributed by atoms with Gasteiger partial charge in [0.05, 0.1) is 11.5 Å². The van der Waals surface area contributed by atoms with Gasteiger partial charge in [0, 0.05) is 18.7 Å². The van der Waals surface area contributed by atoms with Crippen LogP contribution in [0.15, 0.2) is 27.7 Å². The van der Waals surface area contributed by atoms with E-state index >= 15 is 0 Å². The Balaban J connectivity index is 1.68. The summed E-state index contributed by atoms with van der Waals surface area (Å²) in [5.74, 6) is -0.325. The maximum absolute atomic E-state index is 14.0. The van der Waals surface area contributed by atoms with Crippen molar-refractivity contribution >= 4 is 18.1 Å². The lowest BCUT2D eigenvalue weighted by Crippen LogP contribution is -2.48. The van der Waals surface area contributed by atoms with Gasteiger partial charge in [0.1, 0.15) is 5.60 Å². The highest BCUT2D eigenvalue weighted by Crippen LogP contribution is 2.36. The number of nitrogens with zero attached hydrogens (tertiary/aromatic N) is 4. The first-order valence-corrected chi connectivity index (χ1v) is 15.9. The lowest BCUT2D eigenvalue weighted by atomic mass is 9.97. The Hall–Kier alpha value is -3.64. The number of rotatable bonds is 12. The number of aliphatic imine (C=N–C) groups is 1. The topological polar surface area (TPSA) is 130 Å². The SMILES string of the molecule is CCCCCCCCCCCc1ccc(-c2noc([C@@H]3CCCN(C(=NC(=O)OC(C)(C)C)NC(=O)O)C3)n2)cc1C(F)(F)F. The zero-order valence-corrected chi connectivity index (χ0v) is 26.7. The zero-order chi connectivity index (χ0) is 33.0. The molecule has 0 unspecified atom stereocenters. The number of aryl methyl sites for hydroxylation is 1. The van der Waals surface area contributed by atoms with Gasteiger partial charge in [0.25, 0.3) is 0 Å². The molecule has 0 saturated carbocycles. The molecular formula is C32H46F3N5O5. The van der Waals surface area contributed by atoms with Crippen LogP contribution in [0.5, 0.6) is 0 Å². The van der Waals surface area contributed by atoms with Crippen LogP contribution in [0.25, 0.3) is 11.4 Å². The van der Waals surface area contributed by atoms with Gasteiger partial charge < -0.3 is 19.3 Å². The molecule has 1 aromatic carbocycles. The molecule has 1 saturated heterocycles. The predicted octanol–water partition coefficient (Wildman–Crippen LogP) is 8.57. The van der Waals surface area contributed by atoms with Crippen molar-refractivity contribution in [1.29, 1.82) is 0 Å². The fourth-order valence-corrected chi connectivity index (χ4v) is 5.36. The third-order valence-electron chi connectivity index (χ3n) is 7.54. The quantitative estimate of drug-likeness (QED) is 0.134. The predicted molar refractivity (Wildman–Crippen MR) is 164 cm³/mol. The van der Waals surface area contributed by atoms with E-state index in [4.69, 9.17) is 9.26 Å². The molecule has 45 heavy (non-hydrogen) atoms. The van der Waals surface area contributed by atoms with E-state index in [0.29, 0.717) is 32.2 Å². The number of ether oxygens (including phenoxy) is 1. The van der Waals surface area contributed by atoms with E-state index in [0.717, 1.165) is 25.3 Å². The summed E-state index contributed by atoms with van der Waals surface area (Å²) in [6, 6.07) is 4.16. The number of piperidine rings is 1. The second-order valence-electron chi connectivity index (χ2n) is 12.5. The number of guanidine groups is 1. The number of likely N-dealkylation sites (tertiary alicyclic amines) is 1. The van der Waals surface area contributed by atoms with Crippen molar-refractivity contribution in [1.82, 2.24) is 20.4 Å². The number of amides is 2. The van der Waals surface area contributed by atoms with E-state index in [1.807, 2.05) is 0 Å². The Morgan fingerprint density at radius 2 is 1.76 bits per heavy atom. The maximum atomic E-state index is 14.0. The molecule has 2 heterocycles. The number of carboxylic acid groups (broad SMARTS) is 1. The lowest BCUT2D eigenvalue weighted by Gasteiger charge is -2.32. The molecule has 13 heteroatoms. The molecule has 0 bridgehead atoms. The molecule has 1 aromatic heterocycles. The molecule has 3 rings (SSSR count). The van der Waals surface area contributed by atoms with Crippen molar-refractivity contribution in [3.63, 3.8) is 0 Å². The van der Waals surface area contributed by atoms with E-state index in [9.17, 15) is 27.9 Å². The smallest absolute Gasteiger partial charge is 0.437 e. The van der Waals surface area contributed by atoms with E-state index in [1.165, 1.54) is 38.2 Å². The van der Waals surface area contributed by atoms with Crippen molar-refractivity contribution in [2.24, 2.45) is 4.99 Å². The highest BCUT2D eigenvalue weighted by Gasteiger charge is 2.34. The number of benzene rings is 1. The van der Waals surface area contributed by atoms with Gasteiger partial charge in [0.15, 0.2) is 0 Å². The summed E-state index contributed by atoms with van der Waals surface area (Å²) in [4.78, 5) is 33.5. The first-order chi connectivity index (χ1) is 21.3. The minimum absolute atomic E-state index is 0.0357. The van der Waals surface area contributed by atoms with Gasteiger partial charge in [-0.1, -0.05) is 75.6 Å².